The molecule has 0 bridgehead atoms. The molecule has 1 aromatic rings. The number of anilines is 1. The van der Waals surface area contributed by atoms with Gasteiger partial charge in [-0.1, -0.05) is 19.3 Å². The lowest BCUT2D eigenvalue weighted by Gasteiger charge is -2.17. The zero-order valence-corrected chi connectivity index (χ0v) is 13.8. The third kappa shape index (κ3) is 5.68. The van der Waals surface area contributed by atoms with Crippen molar-refractivity contribution in [3.8, 4) is 0 Å². The summed E-state index contributed by atoms with van der Waals surface area (Å²) in [6, 6.07) is 5.35. The second kappa shape index (κ2) is 9.05. The Morgan fingerprint density at radius 1 is 1.08 bits per heavy atom. The van der Waals surface area contributed by atoms with Crippen molar-refractivity contribution in [3.05, 3.63) is 29.3 Å². The molecule has 0 spiro atoms. The summed E-state index contributed by atoms with van der Waals surface area (Å²) in [6.07, 6.45) is 5.84. The summed E-state index contributed by atoms with van der Waals surface area (Å²) in [5, 5.41) is 14.2. The van der Waals surface area contributed by atoms with Crippen molar-refractivity contribution in [2.45, 2.75) is 51.4 Å². The highest BCUT2D eigenvalue weighted by Gasteiger charge is 2.16. The number of unbranched alkanes of at least 4 members (excludes halogenated alkanes) is 4. The van der Waals surface area contributed by atoms with Crippen LogP contribution in [0, 0.1) is 0 Å². The summed E-state index contributed by atoms with van der Waals surface area (Å²) >= 11 is 0. The summed E-state index contributed by atoms with van der Waals surface area (Å²) in [5.74, 6) is -0.824. The van der Waals surface area contributed by atoms with Crippen molar-refractivity contribution in [1.82, 2.24) is 5.32 Å². The van der Waals surface area contributed by atoms with Gasteiger partial charge in [-0.3, -0.25) is 14.4 Å². The van der Waals surface area contributed by atoms with Crippen LogP contribution in [-0.4, -0.2) is 29.4 Å². The van der Waals surface area contributed by atoms with Gasteiger partial charge < -0.3 is 15.7 Å². The van der Waals surface area contributed by atoms with Gasteiger partial charge in [0.25, 0.3) is 5.91 Å². The van der Waals surface area contributed by atoms with Crippen LogP contribution < -0.4 is 10.6 Å². The van der Waals surface area contributed by atoms with Crippen LogP contribution in [0.5, 0.6) is 0 Å². The average molecular weight is 332 g/mol. The Bertz CT molecular complexity index is 613. The van der Waals surface area contributed by atoms with Gasteiger partial charge in [0.05, 0.1) is 0 Å². The Labute approximate surface area is 141 Å². The number of aryl methyl sites for hydroxylation is 1. The Morgan fingerprint density at radius 3 is 2.62 bits per heavy atom. The van der Waals surface area contributed by atoms with Crippen LogP contribution in [0.2, 0.25) is 0 Å². The van der Waals surface area contributed by atoms with E-state index >= 15 is 0 Å². The molecule has 0 atom stereocenters. The molecule has 2 amide bonds. The largest absolute Gasteiger partial charge is 0.481 e. The minimum Gasteiger partial charge on any atom is -0.481 e. The molecule has 0 fully saturated rings. The topological polar surface area (TPSA) is 95.5 Å². The maximum absolute atomic E-state index is 12.1. The average Bonchev–Trinajstić information content (AvgIpc) is 2.56. The molecular weight excluding hydrogens is 308 g/mol. The molecule has 0 aliphatic carbocycles. The molecule has 2 rings (SSSR count). The van der Waals surface area contributed by atoms with Crippen molar-refractivity contribution < 1.29 is 19.5 Å². The standard InChI is InChI=1S/C18H24N2O4/c21-16-10-8-13-12-14(7-9-15(13)20-16)18(24)19-11-5-3-1-2-4-6-17(22)23/h7,9,12H,1-6,8,10-11H2,(H,19,24)(H,20,21)(H,22,23). The fraction of sp³-hybridized carbons (Fsp3) is 0.500. The van der Waals surface area contributed by atoms with Gasteiger partial charge in [-0.15, -0.1) is 0 Å². The van der Waals surface area contributed by atoms with Gasteiger partial charge in [-0.25, -0.2) is 0 Å². The predicted octanol–water partition coefficient (Wildman–Crippen LogP) is 2.73. The van der Waals surface area contributed by atoms with E-state index in [0.29, 0.717) is 31.4 Å². The number of benzene rings is 1. The van der Waals surface area contributed by atoms with Gasteiger partial charge in [0.2, 0.25) is 5.91 Å². The van der Waals surface area contributed by atoms with E-state index in [1.54, 1.807) is 12.1 Å². The summed E-state index contributed by atoms with van der Waals surface area (Å²) in [5.41, 5.74) is 2.41. The molecule has 0 saturated carbocycles. The third-order valence-electron chi connectivity index (χ3n) is 4.12. The molecule has 1 aliphatic heterocycles. The van der Waals surface area contributed by atoms with Gasteiger partial charge >= 0.3 is 5.97 Å². The summed E-state index contributed by atoms with van der Waals surface area (Å²) < 4.78 is 0. The number of fused-ring (bicyclic) bond motifs is 1. The molecule has 6 heteroatoms. The minimum atomic E-state index is -0.744. The molecule has 1 aliphatic rings. The molecule has 1 heterocycles. The van der Waals surface area contributed by atoms with E-state index in [9.17, 15) is 14.4 Å². The van der Waals surface area contributed by atoms with E-state index in [1.807, 2.05) is 6.07 Å². The normalized spacial score (nSPS) is 13.1. The molecule has 0 aromatic heterocycles. The zero-order chi connectivity index (χ0) is 17.4. The lowest BCUT2D eigenvalue weighted by molar-refractivity contribution is -0.137. The van der Waals surface area contributed by atoms with E-state index in [4.69, 9.17) is 5.11 Å². The molecule has 1 aromatic carbocycles. The maximum Gasteiger partial charge on any atom is 0.303 e. The SMILES string of the molecule is O=C(O)CCCCCCCNC(=O)c1ccc2c(c1)CCC(=O)N2. The van der Waals surface area contributed by atoms with Crippen LogP contribution in [-0.2, 0) is 16.0 Å². The number of carbonyl (C=O) groups is 3. The molecule has 3 N–H and O–H groups in total. The van der Waals surface area contributed by atoms with Crippen LogP contribution in [0.15, 0.2) is 18.2 Å². The lowest BCUT2D eigenvalue weighted by atomic mass is 10.00. The van der Waals surface area contributed by atoms with Gasteiger partial charge in [0, 0.05) is 30.6 Å². The smallest absolute Gasteiger partial charge is 0.303 e. The Hall–Kier alpha value is -2.37. The van der Waals surface area contributed by atoms with Crippen LogP contribution in [0.25, 0.3) is 0 Å². The number of amides is 2. The number of carboxylic acids is 1. The van der Waals surface area contributed by atoms with Crippen molar-refractivity contribution in [2.24, 2.45) is 0 Å². The van der Waals surface area contributed by atoms with Crippen molar-refractivity contribution >= 4 is 23.5 Å². The zero-order valence-electron chi connectivity index (χ0n) is 13.8. The first-order chi connectivity index (χ1) is 11.6. The Kier molecular flexibility index (Phi) is 6.78. The second-order valence-corrected chi connectivity index (χ2v) is 6.09. The number of rotatable bonds is 9. The summed E-state index contributed by atoms with van der Waals surface area (Å²) in [7, 11) is 0. The quantitative estimate of drug-likeness (QED) is 0.606. The minimum absolute atomic E-state index is 0.0167. The van der Waals surface area contributed by atoms with Gasteiger partial charge in [0.1, 0.15) is 0 Å². The summed E-state index contributed by atoms with van der Waals surface area (Å²) in [6.45, 7) is 0.617. The maximum atomic E-state index is 12.1. The molecule has 0 radical (unpaired) electrons. The fourth-order valence-corrected chi connectivity index (χ4v) is 2.76. The van der Waals surface area contributed by atoms with Crippen LogP contribution in [0.4, 0.5) is 5.69 Å². The monoisotopic (exact) mass is 332 g/mol. The molecule has 130 valence electrons. The van der Waals surface area contributed by atoms with Crippen molar-refractivity contribution in [1.29, 1.82) is 0 Å². The predicted molar refractivity (Wildman–Crippen MR) is 91.1 cm³/mol. The molecule has 24 heavy (non-hydrogen) atoms. The summed E-state index contributed by atoms with van der Waals surface area (Å²) in [4.78, 5) is 33.9. The Morgan fingerprint density at radius 2 is 1.83 bits per heavy atom. The number of carboxylic acid groups (broad SMARTS) is 1. The number of hydrogen-bond acceptors (Lipinski definition) is 3. The molecule has 0 saturated heterocycles. The van der Waals surface area contributed by atoms with E-state index < -0.39 is 5.97 Å². The van der Waals surface area contributed by atoms with Crippen molar-refractivity contribution in [2.75, 3.05) is 11.9 Å². The number of carbonyl (C=O) groups excluding carboxylic acids is 2. The molecule has 6 nitrogen and oxygen atoms in total. The molecular formula is C18H24N2O4. The van der Waals surface area contributed by atoms with E-state index in [2.05, 4.69) is 10.6 Å². The number of hydrogen-bond donors (Lipinski definition) is 3. The van der Waals surface area contributed by atoms with E-state index in [-0.39, 0.29) is 18.2 Å². The first kappa shape index (κ1) is 18.0. The first-order valence-corrected chi connectivity index (χ1v) is 8.49. The van der Waals surface area contributed by atoms with E-state index in [1.165, 1.54) is 0 Å². The molecule has 0 unspecified atom stereocenters. The van der Waals surface area contributed by atoms with Crippen LogP contribution in [0.3, 0.4) is 0 Å². The highest BCUT2D eigenvalue weighted by Crippen LogP contribution is 2.23. The highest BCUT2D eigenvalue weighted by atomic mass is 16.4. The van der Waals surface area contributed by atoms with E-state index in [0.717, 1.165) is 36.9 Å². The Balaban J connectivity index is 1.66. The first-order valence-electron chi connectivity index (χ1n) is 8.49. The fourth-order valence-electron chi connectivity index (χ4n) is 2.76. The highest BCUT2D eigenvalue weighted by molar-refractivity contribution is 5.97. The number of aliphatic carboxylic acids is 1. The second-order valence-electron chi connectivity index (χ2n) is 6.09. The van der Waals surface area contributed by atoms with Crippen LogP contribution >= 0.6 is 0 Å². The van der Waals surface area contributed by atoms with Gasteiger partial charge in [0.15, 0.2) is 0 Å². The van der Waals surface area contributed by atoms with Crippen LogP contribution in [0.1, 0.15) is 60.9 Å². The lowest BCUT2D eigenvalue weighted by Crippen LogP contribution is -2.25. The van der Waals surface area contributed by atoms with Crippen molar-refractivity contribution in [3.63, 3.8) is 0 Å². The van der Waals surface area contributed by atoms with Gasteiger partial charge in [-0.2, -0.15) is 0 Å². The number of nitrogens with one attached hydrogen (secondary N) is 2. The third-order valence-corrected chi connectivity index (χ3v) is 4.12. The van der Waals surface area contributed by atoms with Gasteiger partial charge in [-0.05, 0) is 43.0 Å².